The van der Waals surface area contributed by atoms with E-state index in [2.05, 4.69) is 10.6 Å². The van der Waals surface area contributed by atoms with Gasteiger partial charge in [0.1, 0.15) is 0 Å². The first-order valence-corrected chi connectivity index (χ1v) is 10.3. The van der Waals surface area contributed by atoms with Crippen molar-refractivity contribution in [3.05, 3.63) is 70.8 Å². The van der Waals surface area contributed by atoms with Crippen LogP contribution in [0.4, 0.5) is 26.3 Å². The minimum atomic E-state index is -5.07. The molecule has 0 aromatic heterocycles. The molecular weight excluding hydrogens is 466 g/mol. The number of rotatable bonds is 9. The van der Waals surface area contributed by atoms with Gasteiger partial charge in [-0.2, -0.15) is 26.3 Å². The van der Waals surface area contributed by atoms with Crippen LogP contribution in [0.5, 0.6) is 0 Å². The molecule has 34 heavy (non-hydrogen) atoms. The fraction of sp³-hybridized carbons (Fsp3) is 0.348. The van der Waals surface area contributed by atoms with Crippen LogP contribution in [-0.4, -0.2) is 30.2 Å². The number of Topliss-reactive ketones (excluding diaryl/α,β-unsaturated/α-hetero) is 1. The van der Waals surface area contributed by atoms with E-state index in [-0.39, 0.29) is 18.2 Å². The van der Waals surface area contributed by atoms with Crippen LogP contribution in [0.15, 0.2) is 48.5 Å². The normalized spacial score (nSPS) is 12.7. The van der Waals surface area contributed by atoms with Crippen molar-refractivity contribution in [1.82, 2.24) is 10.6 Å². The van der Waals surface area contributed by atoms with Gasteiger partial charge in [-0.05, 0) is 30.2 Å². The van der Waals surface area contributed by atoms with Crippen LogP contribution in [0.25, 0.3) is 0 Å². The number of ketones is 1. The summed E-state index contributed by atoms with van der Waals surface area (Å²) >= 11 is 0. The predicted molar refractivity (Wildman–Crippen MR) is 111 cm³/mol. The molecule has 2 aromatic carbocycles. The quantitative estimate of drug-likeness (QED) is 0.235. The summed E-state index contributed by atoms with van der Waals surface area (Å²) in [6, 6.07) is 6.58. The third-order valence-corrected chi connectivity index (χ3v) is 4.73. The minimum absolute atomic E-state index is 0.0513. The average Bonchev–Trinajstić information content (AvgIpc) is 2.76. The van der Waals surface area contributed by atoms with Gasteiger partial charge >= 0.3 is 12.4 Å². The first-order chi connectivity index (χ1) is 15.8. The summed E-state index contributed by atoms with van der Waals surface area (Å²) in [5, 5.41) is 4.63. The van der Waals surface area contributed by atoms with Crippen molar-refractivity contribution in [2.75, 3.05) is 6.54 Å². The van der Waals surface area contributed by atoms with E-state index in [1.165, 1.54) is 24.3 Å². The van der Waals surface area contributed by atoms with Gasteiger partial charge in [0.15, 0.2) is 11.8 Å². The molecule has 0 saturated carbocycles. The van der Waals surface area contributed by atoms with E-state index in [4.69, 9.17) is 0 Å². The highest BCUT2D eigenvalue weighted by atomic mass is 19.4. The van der Waals surface area contributed by atoms with Crippen LogP contribution in [0.1, 0.15) is 46.8 Å². The van der Waals surface area contributed by atoms with Gasteiger partial charge in [-0.15, -0.1) is 0 Å². The third-order valence-electron chi connectivity index (χ3n) is 4.73. The highest BCUT2D eigenvalue weighted by Gasteiger charge is 2.37. The van der Waals surface area contributed by atoms with E-state index in [9.17, 15) is 40.7 Å². The number of unbranched alkanes of at least 4 members (excludes halogenated alkanes) is 1. The molecule has 0 aliphatic rings. The molecular formula is C23H22F6N2O3. The summed E-state index contributed by atoms with van der Waals surface area (Å²) in [5.41, 5.74) is -3.62. The van der Waals surface area contributed by atoms with E-state index in [0.717, 1.165) is 6.42 Å². The summed E-state index contributed by atoms with van der Waals surface area (Å²) in [4.78, 5) is 37.9. The van der Waals surface area contributed by atoms with Crippen LogP contribution in [-0.2, 0) is 28.4 Å². The zero-order valence-electron chi connectivity index (χ0n) is 18.0. The van der Waals surface area contributed by atoms with Crippen molar-refractivity contribution in [3.63, 3.8) is 0 Å². The Balaban J connectivity index is 2.29. The van der Waals surface area contributed by atoms with E-state index in [1.54, 1.807) is 6.07 Å². The number of nitrogens with one attached hydrogen (secondary N) is 2. The van der Waals surface area contributed by atoms with Gasteiger partial charge in [0, 0.05) is 12.1 Å². The second-order valence-corrected chi connectivity index (χ2v) is 7.47. The molecule has 0 spiro atoms. The topological polar surface area (TPSA) is 75.3 Å². The summed E-state index contributed by atoms with van der Waals surface area (Å²) in [7, 11) is 0. The van der Waals surface area contributed by atoms with E-state index in [0.29, 0.717) is 18.6 Å². The lowest BCUT2D eigenvalue weighted by Crippen LogP contribution is -2.52. The molecule has 184 valence electrons. The molecule has 2 amide bonds. The largest absolute Gasteiger partial charge is 0.416 e. The number of amides is 2. The molecule has 2 rings (SSSR count). The minimum Gasteiger partial charge on any atom is -0.354 e. The fourth-order valence-corrected chi connectivity index (χ4v) is 3.03. The van der Waals surface area contributed by atoms with Crippen molar-refractivity contribution < 1.29 is 40.7 Å². The molecule has 0 bridgehead atoms. The van der Waals surface area contributed by atoms with Crippen molar-refractivity contribution in [2.24, 2.45) is 0 Å². The number of benzene rings is 2. The van der Waals surface area contributed by atoms with Crippen LogP contribution >= 0.6 is 0 Å². The Labute approximate surface area is 191 Å². The second kappa shape index (κ2) is 11.2. The Morgan fingerprint density at radius 2 is 1.44 bits per heavy atom. The first kappa shape index (κ1) is 26.9. The molecule has 5 nitrogen and oxygen atoms in total. The molecule has 1 atom stereocenters. The van der Waals surface area contributed by atoms with Gasteiger partial charge in [0.05, 0.1) is 17.5 Å². The summed E-state index contributed by atoms with van der Waals surface area (Å²) in [6.07, 6.45) is -9.72. The molecule has 1 unspecified atom stereocenters. The molecule has 2 aromatic rings. The Kier molecular flexibility index (Phi) is 8.83. The van der Waals surface area contributed by atoms with Crippen molar-refractivity contribution in [3.8, 4) is 0 Å². The van der Waals surface area contributed by atoms with Crippen molar-refractivity contribution in [2.45, 2.75) is 44.6 Å². The lowest BCUT2D eigenvalue weighted by atomic mass is 10.0. The molecule has 2 N–H and O–H groups in total. The molecule has 0 aliphatic heterocycles. The Morgan fingerprint density at radius 3 is 1.94 bits per heavy atom. The smallest absolute Gasteiger partial charge is 0.354 e. The molecule has 0 fully saturated rings. The molecule has 0 radical (unpaired) electrons. The van der Waals surface area contributed by atoms with Crippen LogP contribution in [0.3, 0.4) is 0 Å². The maximum absolute atomic E-state index is 13.1. The van der Waals surface area contributed by atoms with E-state index < -0.39 is 59.1 Å². The lowest BCUT2D eigenvalue weighted by molar-refractivity contribution is -0.143. The molecule has 11 heteroatoms. The lowest BCUT2D eigenvalue weighted by Gasteiger charge is -2.18. The first-order valence-electron chi connectivity index (χ1n) is 10.3. The summed E-state index contributed by atoms with van der Waals surface area (Å²) in [6.45, 7) is 2.08. The zero-order chi connectivity index (χ0) is 25.5. The zero-order valence-corrected chi connectivity index (χ0v) is 18.0. The van der Waals surface area contributed by atoms with Gasteiger partial charge in [0.25, 0.3) is 5.91 Å². The number of halogens is 6. The number of alkyl halides is 6. The van der Waals surface area contributed by atoms with E-state index in [1.807, 2.05) is 6.92 Å². The highest BCUT2D eigenvalue weighted by molar-refractivity contribution is 6.15. The van der Waals surface area contributed by atoms with Crippen LogP contribution in [0, 0.1) is 0 Å². The monoisotopic (exact) mass is 488 g/mol. The standard InChI is InChI=1S/C23H22F6N2O3/c1-2-3-9-30-21(34)19(20(33)15-7-5-4-6-8-15)31-18(32)12-14-10-16(22(24,25)26)13-17(11-14)23(27,28)29/h4-8,10-11,13,19H,2-3,9,12H2,1H3,(H,30,34)(H,31,32). The Bertz CT molecular complexity index is 987. The maximum atomic E-state index is 13.1. The molecule has 0 aliphatic carbocycles. The fourth-order valence-electron chi connectivity index (χ4n) is 3.03. The number of hydrogen-bond donors (Lipinski definition) is 2. The highest BCUT2D eigenvalue weighted by Crippen LogP contribution is 2.36. The number of carbonyl (C=O) groups is 3. The van der Waals surface area contributed by atoms with Crippen LogP contribution in [0.2, 0.25) is 0 Å². The van der Waals surface area contributed by atoms with Gasteiger partial charge in [-0.25, -0.2) is 0 Å². The van der Waals surface area contributed by atoms with E-state index >= 15 is 0 Å². The second-order valence-electron chi connectivity index (χ2n) is 7.47. The number of carbonyl (C=O) groups excluding carboxylic acids is 3. The van der Waals surface area contributed by atoms with Crippen LogP contribution < -0.4 is 10.6 Å². The van der Waals surface area contributed by atoms with Gasteiger partial charge in [-0.1, -0.05) is 43.7 Å². The Morgan fingerprint density at radius 1 is 0.882 bits per heavy atom. The van der Waals surface area contributed by atoms with Crippen molar-refractivity contribution in [1.29, 1.82) is 0 Å². The third kappa shape index (κ3) is 7.60. The molecule has 0 saturated heterocycles. The average molecular weight is 488 g/mol. The predicted octanol–water partition coefficient (Wildman–Crippen LogP) is 4.55. The molecule has 0 heterocycles. The summed E-state index contributed by atoms with van der Waals surface area (Å²) < 4.78 is 78.4. The Hall–Kier alpha value is -3.37. The van der Waals surface area contributed by atoms with Gasteiger partial charge in [0.2, 0.25) is 5.91 Å². The van der Waals surface area contributed by atoms with Gasteiger partial charge < -0.3 is 10.6 Å². The number of hydrogen-bond acceptors (Lipinski definition) is 3. The maximum Gasteiger partial charge on any atom is 0.416 e. The summed E-state index contributed by atoms with van der Waals surface area (Å²) in [5.74, 6) is -2.70. The van der Waals surface area contributed by atoms with Gasteiger partial charge in [-0.3, -0.25) is 14.4 Å². The van der Waals surface area contributed by atoms with Crippen molar-refractivity contribution >= 4 is 17.6 Å². The SMILES string of the molecule is CCCCNC(=O)C(NC(=O)Cc1cc(C(F)(F)F)cc(C(F)(F)F)c1)C(=O)c1ccccc1.